The Kier molecular flexibility index (Phi) is 577. The molecule has 0 nitrogen and oxygen atoms in total. The molecule has 0 bridgehead atoms. The van der Waals surface area contributed by atoms with Crippen LogP contribution in [0.25, 0.3) is 0 Å². The molecular weight excluding hydrogens is 1630 g/mol. The molecule has 13 heavy (non-hydrogen) atoms. The van der Waals surface area contributed by atoms with Gasteiger partial charge in [-0.25, -0.2) is 0 Å². The van der Waals surface area contributed by atoms with E-state index in [4.69, 9.17) is 0 Å². The standard InChI is InChI=1S/4Ga.9Sm. The third-order valence-corrected chi connectivity index (χ3v) is 0. The molecular formula is Ga4Sm9. The van der Waals surface area contributed by atoms with E-state index in [1.807, 2.05) is 0 Å². The first-order chi connectivity index (χ1) is 0. The Bertz CT molecular complexity index is 11.6. The Balaban J connectivity index is 0. The van der Waals surface area contributed by atoms with E-state index in [-0.39, 0.29) is 443 Å². The fourth-order valence-corrected chi connectivity index (χ4v) is 0. The normalized spacial score (nSPS) is 0. The van der Waals surface area contributed by atoms with E-state index < -0.39 is 0 Å². The van der Waals surface area contributed by atoms with Crippen LogP contribution >= 0.6 is 0 Å². The molecule has 0 saturated carbocycles. The first-order valence-electron chi connectivity index (χ1n) is 0. The van der Waals surface area contributed by atoms with E-state index in [1.54, 1.807) is 0 Å². The van der Waals surface area contributed by atoms with Crippen LogP contribution in [0.5, 0.6) is 0 Å². The molecule has 0 rings (SSSR count). The summed E-state index contributed by atoms with van der Waals surface area (Å²) in [6.07, 6.45) is 0. The number of rotatable bonds is 0. The van der Waals surface area contributed by atoms with Gasteiger partial charge in [-0.3, -0.25) is 0 Å². The zero-order valence-electron chi connectivity index (χ0n) is 5.98. The topological polar surface area (TPSA) is 0 Å². The van der Waals surface area contributed by atoms with Crippen molar-refractivity contribution in [1.29, 1.82) is 0 Å². The number of hydrogen-bond acceptors (Lipinski definition) is 0. The molecule has 66 valence electrons. The van der Waals surface area contributed by atoms with Gasteiger partial charge in [0.15, 0.2) is 0 Å². The van der Waals surface area contributed by atoms with Crippen LogP contribution in [0, 0.1) is 363 Å². The second-order valence-electron chi connectivity index (χ2n) is 0. The van der Waals surface area contributed by atoms with Crippen molar-refractivity contribution in [2.45, 2.75) is 0 Å². The molecule has 0 fully saturated rings. The van der Waals surface area contributed by atoms with Crippen molar-refractivity contribution in [3.63, 3.8) is 0 Å². The molecule has 12 radical (unpaired) electrons. The molecule has 13 heteroatoms. The molecule has 0 aromatic carbocycles. The third kappa shape index (κ3) is 75.5. The average molecular weight is 1630 g/mol. The maximum Gasteiger partial charge on any atom is 0 e. The molecule has 0 saturated heterocycles. The van der Waals surface area contributed by atoms with Gasteiger partial charge in [-0.05, 0) is 0 Å². The smallest absolute Gasteiger partial charge is 0 e. The summed E-state index contributed by atoms with van der Waals surface area (Å²) >= 11 is 0. The summed E-state index contributed by atoms with van der Waals surface area (Å²) < 4.78 is 0. The Morgan fingerprint density at radius 3 is 0.154 bits per heavy atom. The van der Waals surface area contributed by atoms with E-state index in [9.17, 15) is 0 Å². The van der Waals surface area contributed by atoms with Crippen molar-refractivity contribution in [3.8, 4) is 0 Å². The molecule has 0 aromatic rings. The van der Waals surface area contributed by atoms with E-state index in [0.29, 0.717) is 0 Å². The van der Waals surface area contributed by atoms with Crippen molar-refractivity contribution in [1.82, 2.24) is 0 Å². The van der Waals surface area contributed by atoms with Crippen LogP contribution in [0.15, 0.2) is 0 Å². The molecule has 0 aliphatic carbocycles. The quantitative estimate of drug-likeness (QED) is 0.259. The Morgan fingerprint density at radius 2 is 0.154 bits per heavy atom. The van der Waals surface area contributed by atoms with Gasteiger partial charge in [0, 0.05) is 443 Å². The van der Waals surface area contributed by atoms with Crippen LogP contribution in [0.3, 0.4) is 0 Å². The van der Waals surface area contributed by atoms with Gasteiger partial charge in [-0.2, -0.15) is 0 Å². The Morgan fingerprint density at radius 1 is 0.154 bits per heavy atom. The van der Waals surface area contributed by atoms with Crippen molar-refractivity contribution in [2.24, 2.45) is 0 Å². The maximum atomic E-state index is 0. The SMILES string of the molecule is [Ga].[Ga].[Ga].[Ga].[Sm].[Sm].[Sm].[Sm].[Sm].[Sm].[Sm].[Sm].[Sm]. The minimum atomic E-state index is 0. The average Bonchev–Trinajstić information content (AvgIpc) is 0. The summed E-state index contributed by atoms with van der Waals surface area (Å²) in [4.78, 5) is 0. The van der Waals surface area contributed by atoms with Crippen LogP contribution in [0.2, 0.25) is 0 Å². The fraction of sp³-hybridized carbons (Fsp3) is 0. The maximum absolute atomic E-state index is 0. The summed E-state index contributed by atoms with van der Waals surface area (Å²) in [5.74, 6) is 0. The van der Waals surface area contributed by atoms with E-state index in [2.05, 4.69) is 0 Å². The second-order valence-corrected chi connectivity index (χ2v) is 0. The Hall–Kier alpha value is 14.6. The van der Waals surface area contributed by atoms with Crippen molar-refractivity contribution in [3.05, 3.63) is 0 Å². The van der Waals surface area contributed by atoms with Gasteiger partial charge in [-0.1, -0.05) is 0 Å². The summed E-state index contributed by atoms with van der Waals surface area (Å²) in [6, 6.07) is 0. The van der Waals surface area contributed by atoms with E-state index in [1.165, 1.54) is 0 Å². The molecule has 0 atom stereocenters. The van der Waals surface area contributed by atoms with E-state index >= 15 is 0 Å². The fourth-order valence-electron chi connectivity index (χ4n) is 0. The van der Waals surface area contributed by atoms with Crippen LogP contribution < -0.4 is 0 Å². The van der Waals surface area contributed by atoms with Gasteiger partial charge in [0.1, 0.15) is 0 Å². The predicted molar refractivity (Wildman–Crippen MR) is 23.0 cm³/mol. The first kappa shape index (κ1) is 91.7. The van der Waals surface area contributed by atoms with Crippen molar-refractivity contribution >= 4 is 79.2 Å². The van der Waals surface area contributed by atoms with Crippen LogP contribution in [-0.2, 0) is 0 Å². The third-order valence-electron chi connectivity index (χ3n) is 0. The first-order valence-corrected chi connectivity index (χ1v) is 0. The van der Waals surface area contributed by atoms with Crippen molar-refractivity contribution in [2.75, 3.05) is 0 Å². The summed E-state index contributed by atoms with van der Waals surface area (Å²) in [6.45, 7) is 0. The van der Waals surface area contributed by atoms with Gasteiger partial charge < -0.3 is 0 Å². The molecule has 0 aliphatic heterocycles. The number of hydrogen-bond donors (Lipinski definition) is 0. The monoisotopic (exact) mass is 1640 g/mol. The van der Waals surface area contributed by atoms with Gasteiger partial charge in [0.25, 0.3) is 0 Å². The van der Waals surface area contributed by atoms with Crippen LogP contribution in [0.1, 0.15) is 0 Å². The molecule has 0 aliphatic rings. The Labute approximate surface area is 426 Å². The summed E-state index contributed by atoms with van der Waals surface area (Å²) in [7, 11) is 0. The molecule has 0 aromatic heterocycles. The molecule has 0 spiro atoms. The van der Waals surface area contributed by atoms with Crippen LogP contribution in [0.4, 0.5) is 0 Å². The van der Waals surface area contributed by atoms with Gasteiger partial charge in [0.2, 0.25) is 0 Å². The minimum Gasteiger partial charge on any atom is 0 e. The zero-order valence-corrected chi connectivity index (χ0v) is 39.2. The molecule has 0 unspecified atom stereocenters. The van der Waals surface area contributed by atoms with Gasteiger partial charge in [0.05, 0.1) is 0 Å². The van der Waals surface area contributed by atoms with E-state index in [0.717, 1.165) is 0 Å². The van der Waals surface area contributed by atoms with Gasteiger partial charge >= 0.3 is 0 Å². The van der Waals surface area contributed by atoms with Gasteiger partial charge in [-0.15, -0.1) is 0 Å². The minimum absolute atomic E-state index is 0. The predicted octanol–water partition coefficient (Wildman–Crippen LogP) is -1.52. The largest absolute Gasteiger partial charge is 0 e. The zero-order chi connectivity index (χ0) is 0. The van der Waals surface area contributed by atoms with Crippen LogP contribution in [-0.4, -0.2) is 79.2 Å². The molecule has 0 N–H and O–H groups in total. The summed E-state index contributed by atoms with van der Waals surface area (Å²) in [5, 5.41) is 0. The molecule has 0 heterocycles. The van der Waals surface area contributed by atoms with Crippen molar-refractivity contribution < 1.29 is 363 Å². The second kappa shape index (κ2) is 81.8. The summed E-state index contributed by atoms with van der Waals surface area (Å²) in [5.41, 5.74) is 0. The molecule has 0 amide bonds.